The fraction of sp³-hybridized carbons (Fsp3) is 0.385. The molecule has 5 amide bonds. The standard InChI is InChI=1S/C39H41ClN10O5S/c1-21-22(2)56-39-34(21)35(24-7-9-25(40)10-8-24)42-29(36-45-44-23(3)50(36)39)19-33(53)47-15-17-48(18-16-47)46-32(52)13-14-41-28-6-4-5-26-27(28)20-49(38(26)55)30-11-12-31(51)43-37(30)54/h4-10,29-30,41H,11-20H2,1-3H3,(H,46,52)(H,43,51,54)/t29-,30?/m0/s1. The lowest BCUT2D eigenvalue weighted by Crippen LogP contribution is -2.55. The van der Waals surface area contributed by atoms with Crippen molar-refractivity contribution < 1.29 is 24.0 Å². The van der Waals surface area contributed by atoms with Crippen LogP contribution < -0.4 is 16.1 Å². The van der Waals surface area contributed by atoms with Crippen LogP contribution >= 0.6 is 22.9 Å². The van der Waals surface area contributed by atoms with E-state index < -0.39 is 18.0 Å². The maximum atomic E-state index is 13.9. The highest BCUT2D eigenvalue weighted by Gasteiger charge is 2.40. The summed E-state index contributed by atoms with van der Waals surface area (Å²) in [5.74, 6) is 0.0762. The van der Waals surface area contributed by atoms with Crippen molar-refractivity contribution in [3.63, 3.8) is 0 Å². The first-order chi connectivity index (χ1) is 27.0. The van der Waals surface area contributed by atoms with E-state index in [0.717, 1.165) is 44.5 Å². The van der Waals surface area contributed by atoms with Crippen LogP contribution in [0.3, 0.4) is 0 Å². The van der Waals surface area contributed by atoms with Crippen LogP contribution in [0.25, 0.3) is 5.00 Å². The summed E-state index contributed by atoms with van der Waals surface area (Å²) in [4.78, 5) is 73.8. The van der Waals surface area contributed by atoms with Gasteiger partial charge in [0.1, 0.15) is 22.9 Å². The van der Waals surface area contributed by atoms with Crippen LogP contribution in [0.2, 0.25) is 5.02 Å². The molecule has 6 heterocycles. The lowest BCUT2D eigenvalue weighted by atomic mass is 9.99. The number of benzene rings is 2. The Kier molecular flexibility index (Phi) is 10.2. The molecule has 8 rings (SSSR count). The molecule has 0 radical (unpaired) electrons. The van der Waals surface area contributed by atoms with Gasteiger partial charge in [-0.05, 0) is 57.0 Å². The first kappa shape index (κ1) is 37.5. The minimum Gasteiger partial charge on any atom is -0.384 e. The molecular formula is C39H41ClN10O5S. The number of fused-ring (bicyclic) bond motifs is 4. The number of piperidine rings is 1. The third kappa shape index (κ3) is 7.08. The summed E-state index contributed by atoms with van der Waals surface area (Å²) in [6.07, 6.45) is 0.760. The van der Waals surface area contributed by atoms with E-state index >= 15 is 0 Å². The molecule has 4 aromatic rings. The molecule has 0 aliphatic carbocycles. The van der Waals surface area contributed by atoms with Gasteiger partial charge in [-0.15, -0.1) is 21.5 Å². The summed E-state index contributed by atoms with van der Waals surface area (Å²) in [5.41, 5.74) is 8.78. The fourth-order valence-electron chi connectivity index (χ4n) is 7.79. The summed E-state index contributed by atoms with van der Waals surface area (Å²) in [6.45, 7) is 8.45. The van der Waals surface area contributed by atoms with Crippen LogP contribution in [0.15, 0.2) is 47.5 Å². The summed E-state index contributed by atoms with van der Waals surface area (Å²) < 4.78 is 2.04. The Hall–Kier alpha value is -5.45. The number of halogens is 1. The number of aliphatic imine (C=N–C) groups is 1. The number of hydrogen-bond acceptors (Lipinski definition) is 11. The Labute approximate surface area is 332 Å². The number of hydrazine groups is 1. The van der Waals surface area contributed by atoms with Gasteiger partial charge in [-0.25, -0.2) is 5.01 Å². The largest absolute Gasteiger partial charge is 0.384 e. The first-order valence-corrected chi connectivity index (χ1v) is 19.8. The molecule has 0 spiro atoms. The Bertz CT molecular complexity index is 2290. The average Bonchev–Trinajstić information content (AvgIpc) is 3.79. The maximum absolute atomic E-state index is 13.9. The van der Waals surface area contributed by atoms with Gasteiger partial charge in [-0.1, -0.05) is 29.8 Å². The minimum atomic E-state index is -0.699. The van der Waals surface area contributed by atoms with Gasteiger partial charge in [0.25, 0.3) is 5.91 Å². The molecule has 4 aliphatic rings. The Morgan fingerprint density at radius 2 is 1.77 bits per heavy atom. The van der Waals surface area contributed by atoms with Gasteiger partial charge in [0.2, 0.25) is 23.6 Å². The van der Waals surface area contributed by atoms with Crippen LogP contribution in [0, 0.1) is 20.8 Å². The van der Waals surface area contributed by atoms with Crippen molar-refractivity contribution >= 4 is 63.9 Å². The topological polar surface area (TPSA) is 174 Å². The molecule has 0 bridgehead atoms. The molecular weight excluding hydrogens is 756 g/mol. The first-order valence-electron chi connectivity index (χ1n) is 18.7. The predicted octanol–water partition coefficient (Wildman–Crippen LogP) is 3.63. The summed E-state index contributed by atoms with van der Waals surface area (Å²) in [6, 6.07) is 11.7. The van der Waals surface area contributed by atoms with Gasteiger partial charge in [-0.2, -0.15) is 0 Å². The molecule has 4 aliphatic heterocycles. The third-order valence-corrected chi connectivity index (χ3v) is 12.3. The fourth-order valence-corrected chi connectivity index (χ4v) is 9.13. The van der Waals surface area contributed by atoms with Gasteiger partial charge in [0.15, 0.2) is 5.82 Å². The van der Waals surface area contributed by atoms with E-state index in [1.54, 1.807) is 28.4 Å². The van der Waals surface area contributed by atoms with E-state index in [-0.39, 0.29) is 55.9 Å². The molecule has 2 aromatic heterocycles. The Morgan fingerprint density at radius 3 is 2.52 bits per heavy atom. The lowest BCUT2D eigenvalue weighted by molar-refractivity contribution is -0.137. The molecule has 56 heavy (non-hydrogen) atoms. The monoisotopic (exact) mass is 796 g/mol. The van der Waals surface area contributed by atoms with Gasteiger partial charge >= 0.3 is 0 Å². The van der Waals surface area contributed by atoms with Crippen LogP contribution in [-0.4, -0.2) is 104 Å². The maximum Gasteiger partial charge on any atom is 0.255 e. The number of carbonyl (C=O) groups excluding carboxylic acids is 5. The van der Waals surface area contributed by atoms with Crippen molar-refractivity contribution in [3.05, 3.63) is 91.8 Å². The number of nitrogens with one attached hydrogen (secondary N) is 3. The number of hydrogen-bond donors (Lipinski definition) is 3. The third-order valence-electron chi connectivity index (χ3n) is 10.9. The molecule has 2 saturated heterocycles. The van der Waals surface area contributed by atoms with Crippen LogP contribution in [0.4, 0.5) is 5.69 Å². The van der Waals surface area contributed by atoms with Gasteiger partial charge in [0.05, 0.1) is 12.1 Å². The summed E-state index contributed by atoms with van der Waals surface area (Å²) in [7, 11) is 0. The smallest absolute Gasteiger partial charge is 0.255 e. The van der Waals surface area contributed by atoms with E-state index in [2.05, 4.69) is 40.1 Å². The predicted molar refractivity (Wildman–Crippen MR) is 210 cm³/mol. The molecule has 2 fully saturated rings. The quantitative estimate of drug-likeness (QED) is 0.214. The highest BCUT2D eigenvalue weighted by Crippen LogP contribution is 2.40. The summed E-state index contributed by atoms with van der Waals surface area (Å²) >= 11 is 7.91. The van der Waals surface area contributed by atoms with Crippen molar-refractivity contribution in [2.75, 3.05) is 38.0 Å². The molecule has 1 unspecified atom stereocenters. The number of amides is 5. The van der Waals surface area contributed by atoms with E-state index in [1.165, 1.54) is 9.78 Å². The van der Waals surface area contributed by atoms with Crippen LogP contribution in [0.5, 0.6) is 0 Å². The van der Waals surface area contributed by atoms with E-state index in [0.29, 0.717) is 49.1 Å². The molecule has 2 aromatic carbocycles. The summed E-state index contributed by atoms with van der Waals surface area (Å²) in [5, 5.41) is 18.0. The van der Waals surface area contributed by atoms with Crippen molar-refractivity contribution in [2.24, 2.45) is 4.99 Å². The minimum absolute atomic E-state index is 0.0558. The lowest BCUT2D eigenvalue weighted by Gasteiger charge is -2.35. The molecule has 290 valence electrons. The van der Waals surface area contributed by atoms with Crippen molar-refractivity contribution in [2.45, 2.75) is 65.1 Å². The normalized spacial score (nSPS) is 19.5. The molecule has 0 saturated carbocycles. The van der Waals surface area contributed by atoms with E-state index in [4.69, 9.17) is 16.6 Å². The highest BCUT2D eigenvalue weighted by molar-refractivity contribution is 7.15. The molecule has 3 N–H and O–H groups in total. The SMILES string of the molecule is Cc1sc2c(c1C)C(c1ccc(Cl)cc1)=N[C@@H](CC(=O)N1CCN(NC(=O)CCNc3cccc4c3CN(C3CCC(=O)NC3=O)C4=O)CC1)c1nnc(C)n1-2. The zero-order valence-corrected chi connectivity index (χ0v) is 32.8. The number of nitrogens with zero attached hydrogens (tertiary/aromatic N) is 7. The number of rotatable bonds is 9. The molecule has 17 heteroatoms. The average molecular weight is 797 g/mol. The Balaban J connectivity index is 0.867. The van der Waals surface area contributed by atoms with Crippen molar-refractivity contribution in [1.29, 1.82) is 0 Å². The van der Waals surface area contributed by atoms with Crippen LogP contribution in [0.1, 0.15) is 80.9 Å². The van der Waals surface area contributed by atoms with E-state index in [1.807, 2.05) is 46.8 Å². The zero-order chi connectivity index (χ0) is 39.2. The number of anilines is 1. The second kappa shape index (κ2) is 15.2. The van der Waals surface area contributed by atoms with Gasteiger partial charge in [-0.3, -0.25) is 44.3 Å². The second-order valence-corrected chi connectivity index (χ2v) is 16.1. The number of carbonyl (C=O) groups is 5. The van der Waals surface area contributed by atoms with Gasteiger partial charge < -0.3 is 15.1 Å². The van der Waals surface area contributed by atoms with Crippen molar-refractivity contribution in [1.82, 2.24) is 40.3 Å². The zero-order valence-electron chi connectivity index (χ0n) is 31.2. The second-order valence-electron chi connectivity index (χ2n) is 14.4. The Morgan fingerprint density at radius 1 is 1.00 bits per heavy atom. The van der Waals surface area contributed by atoms with Gasteiger partial charge in [0, 0.05) is 90.0 Å². The van der Waals surface area contributed by atoms with E-state index in [9.17, 15) is 24.0 Å². The molecule has 2 atom stereocenters. The molecule has 15 nitrogen and oxygen atoms in total. The number of piperazine rings is 1. The highest BCUT2D eigenvalue weighted by atomic mass is 35.5. The van der Waals surface area contributed by atoms with Crippen molar-refractivity contribution in [3.8, 4) is 5.00 Å². The number of thiophene rings is 1. The number of aromatic nitrogens is 3. The number of aryl methyl sites for hydroxylation is 2. The van der Waals surface area contributed by atoms with Crippen LogP contribution in [-0.2, 0) is 25.7 Å². The number of imide groups is 1.